The lowest BCUT2D eigenvalue weighted by Crippen LogP contribution is -2.62. The van der Waals surface area contributed by atoms with E-state index in [4.69, 9.17) is 0 Å². The Labute approximate surface area is 91.2 Å². The molecule has 0 bridgehead atoms. The summed E-state index contributed by atoms with van der Waals surface area (Å²) in [6, 6.07) is 0. The number of nitrogens with zero attached hydrogens (tertiary/aromatic N) is 1. The molecule has 15 heavy (non-hydrogen) atoms. The highest BCUT2D eigenvalue weighted by Gasteiger charge is 2.40. The maximum Gasteiger partial charge on any atom is 0.222 e. The van der Waals surface area contributed by atoms with Crippen molar-refractivity contribution in [1.29, 1.82) is 0 Å². The van der Waals surface area contributed by atoms with Crippen LogP contribution < -0.4 is 5.32 Å². The van der Waals surface area contributed by atoms with Crippen LogP contribution in [0.4, 0.5) is 0 Å². The van der Waals surface area contributed by atoms with Gasteiger partial charge in [-0.3, -0.25) is 4.79 Å². The van der Waals surface area contributed by atoms with E-state index >= 15 is 0 Å². The number of hydrogen-bond acceptors (Lipinski definition) is 2. The monoisotopic (exact) mass is 208 g/mol. The number of hydrogen-bond donors (Lipinski definition) is 1. The molecule has 0 aromatic carbocycles. The van der Waals surface area contributed by atoms with Crippen molar-refractivity contribution in [2.45, 2.75) is 44.1 Å². The molecule has 1 spiro atoms. The van der Waals surface area contributed by atoms with Gasteiger partial charge >= 0.3 is 0 Å². The summed E-state index contributed by atoms with van der Waals surface area (Å²) in [5.41, 5.74) is 0.427. The van der Waals surface area contributed by atoms with Crippen molar-refractivity contribution in [3.63, 3.8) is 0 Å². The van der Waals surface area contributed by atoms with Gasteiger partial charge in [0.1, 0.15) is 0 Å². The number of carbonyl (C=O) groups is 1. The van der Waals surface area contributed by atoms with E-state index in [-0.39, 0.29) is 0 Å². The smallest absolute Gasteiger partial charge is 0.222 e. The minimum atomic E-state index is 0.409. The third-order valence-corrected chi connectivity index (χ3v) is 4.34. The normalized spacial score (nSPS) is 28.9. The van der Waals surface area contributed by atoms with Gasteiger partial charge < -0.3 is 10.2 Å². The van der Waals surface area contributed by atoms with Crippen LogP contribution in [0.3, 0.4) is 0 Å². The van der Waals surface area contributed by atoms with Crippen molar-refractivity contribution in [2.24, 2.45) is 5.92 Å². The molecule has 1 aliphatic carbocycles. The molecule has 0 aromatic rings. The van der Waals surface area contributed by atoms with Crippen LogP contribution in [0.15, 0.2) is 0 Å². The Bertz CT molecular complexity index is 259. The highest BCUT2D eigenvalue weighted by Crippen LogP contribution is 2.35. The Morgan fingerprint density at radius 2 is 1.93 bits per heavy atom. The van der Waals surface area contributed by atoms with Crippen LogP contribution in [0.5, 0.6) is 0 Å². The summed E-state index contributed by atoms with van der Waals surface area (Å²) in [5, 5.41) is 3.54. The van der Waals surface area contributed by atoms with Crippen molar-refractivity contribution < 1.29 is 4.79 Å². The second kappa shape index (κ2) is 3.48. The number of nitrogens with one attached hydrogen (secondary N) is 1. The molecule has 3 nitrogen and oxygen atoms in total. The number of piperidine rings is 1. The van der Waals surface area contributed by atoms with Crippen LogP contribution in [0.1, 0.15) is 38.5 Å². The zero-order valence-electron chi connectivity index (χ0n) is 9.30. The average Bonchev–Trinajstić information content (AvgIpc) is 2.99. The fraction of sp³-hybridized carbons (Fsp3) is 0.917. The summed E-state index contributed by atoms with van der Waals surface area (Å²) >= 11 is 0. The van der Waals surface area contributed by atoms with E-state index in [0.29, 0.717) is 11.4 Å². The van der Waals surface area contributed by atoms with Crippen molar-refractivity contribution in [3.8, 4) is 0 Å². The van der Waals surface area contributed by atoms with Crippen LogP contribution in [0, 0.1) is 5.92 Å². The highest BCUT2D eigenvalue weighted by molar-refractivity contribution is 5.76. The van der Waals surface area contributed by atoms with E-state index in [1.807, 2.05) is 0 Å². The molecule has 0 unspecified atom stereocenters. The van der Waals surface area contributed by atoms with E-state index in [1.54, 1.807) is 0 Å². The fourth-order valence-electron chi connectivity index (χ4n) is 2.79. The van der Waals surface area contributed by atoms with Gasteiger partial charge in [0, 0.05) is 25.0 Å². The maximum absolute atomic E-state index is 11.9. The molecule has 3 aliphatic rings. The van der Waals surface area contributed by atoms with Crippen LogP contribution >= 0.6 is 0 Å². The quantitative estimate of drug-likeness (QED) is 0.738. The molecule has 2 saturated heterocycles. The van der Waals surface area contributed by atoms with Crippen LogP contribution in [-0.4, -0.2) is 36.0 Å². The molecule has 84 valence electrons. The first-order valence-corrected chi connectivity index (χ1v) is 6.30. The average molecular weight is 208 g/mol. The van der Waals surface area contributed by atoms with Crippen molar-refractivity contribution in [3.05, 3.63) is 0 Å². The standard InChI is InChI=1S/C12H20N2O/c15-11(9-10-1-2-10)14-7-4-12(5-8-14)3-6-13-12/h10,13H,1-9H2. The first-order chi connectivity index (χ1) is 7.27. The van der Waals surface area contributed by atoms with Gasteiger partial charge in [-0.05, 0) is 44.6 Å². The Hall–Kier alpha value is -0.570. The van der Waals surface area contributed by atoms with Gasteiger partial charge in [0.2, 0.25) is 5.91 Å². The molecule has 2 aliphatic heterocycles. The van der Waals surface area contributed by atoms with Gasteiger partial charge in [-0.2, -0.15) is 0 Å². The van der Waals surface area contributed by atoms with E-state index in [1.165, 1.54) is 38.6 Å². The molecule has 2 heterocycles. The van der Waals surface area contributed by atoms with Gasteiger partial charge in [-0.25, -0.2) is 0 Å². The summed E-state index contributed by atoms with van der Waals surface area (Å²) in [4.78, 5) is 14.0. The second-order valence-corrected chi connectivity index (χ2v) is 5.49. The third kappa shape index (κ3) is 1.89. The number of likely N-dealkylation sites (tertiary alicyclic amines) is 1. The van der Waals surface area contributed by atoms with Crippen molar-refractivity contribution >= 4 is 5.91 Å². The molecular weight excluding hydrogens is 188 g/mol. The van der Waals surface area contributed by atoms with Gasteiger partial charge in [-0.15, -0.1) is 0 Å². The lowest BCUT2D eigenvalue weighted by atomic mass is 9.79. The molecule has 3 rings (SSSR count). The molecule has 0 atom stereocenters. The first kappa shape index (κ1) is 9.64. The lowest BCUT2D eigenvalue weighted by molar-refractivity contribution is -0.133. The molecule has 3 fully saturated rings. The Morgan fingerprint density at radius 1 is 1.27 bits per heavy atom. The van der Waals surface area contributed by atoms with E-state index < -0.39 is 0 Å². The van der Waals surface area contributed by atoms with E-state index in [0.717, 1.165) is 25.4 Å². The minimum Gasteiger partial charge on any atom is -0.343 e. The summed E-state index contributed by atoms with van der Waals surface area (Å²) in [6.07, 6.45) is 7.04. The van der Waals surface area contributed by atoms with Crippen LogP contribution in [-0.2, 0) is 4.79 Å². The van der Waals surface area contributed by atoms with Gasteiger partial charge in [-0.1, -0.05) is 0 Å². The lowest BCUT2D eigenvalue weighted by Gasteiger charge is -2.49. The Morgan fingerprint density at radius 3 is 2.40 bits per heavy atom. The summed E-state index contributed by atoms with van der Waals surface area (Å²) in [5.74, 6) is 1.14. The topological polar surface area (TPSA) is 32.3 Å². The highest BCUT2D eigenvalue weighted by atomic mass is 16.2. The molecule has 1 saturated carbocycles. The predicted octanol–water partition coefficient (Wildman–Crippen LogP) is 1.14. The summed E-state index contributed by atoms with van der Waals surface area (Å²) < 4.78 is 0. The largest absolute Gasteiger partial charge is 0.343 e. The minimum absolute atomic E-state index is 0.409. The molecule has 0 aromatic heterocycles. The van der Waals surface area contributed by atoms with Crippen molar-refractivity contribution in [2.75, 3.05) is 19.6 Å². The van der Waals surface area contributed by atoms with Crippen LogP contribution in [0.25, 0.3) is 0 Å². The Balaban J connectivity index is 1.49. The third-order valence-electron chi connectivity index (χ3n) is 4.34. The SMILES string of the molecule is O=C(CC1CC1)N1CCC2(CCN2)CC1. The molecule has 1 amide bonds. The fourth-order valence-corrected chi connectivity index (χ4v) is 2.79. The molecule has 0 radical (unpaired) electrons. The molecule has 1 N–H and O–H groups in total. The van der Waals surface area contributed by atoms with Gasteiger partial charge in [0.15, 0.2) is 0 Å². The molecule has 3 heteroatoms. The van der Waals surface area contributed by atoms with Gasteiger partial charge in [0.25, 0.3) is 0 Å². The first-order valence-electron chi connectivity index (χ1n) is 6.30. The molecular formula is C12H20N2O. The second-order valence-electron chi connectivity index (χ2n) is 5.49. The predicted molar refractivity (Wildman–Crippen MR) is 58.5 cm³/mol. The Kier molecular flexibility index (Phi) is 2.23. The van der Waals surface area contributed by atoms with E-state index in [9.17, 15) is 4.79 Å². The zero-order valence-corrected chi connectivity index (χ0v) is 9.30. The van der Waals surface area contributed by atoms with Crippen LogP contribution in [0.2, 0.25) is 0 Å². The van der Waals surface area contributed by atoms with Gasteiger partial charge in [0.05, 0.1) is 0 Å². The summed E-state index contributed by atoms with van der Waals surface area (Å²) in [7, 11) is 0. The zero-order chi connectivity index (χ0) is 10.3. The number of amides is 1. The van der Waals surface area contributed by atoms with Crippen molar-refractivity contribution in [1.82, 2.24) is 10.2 Å². The number of carbonyl (C=O) groups excluding carboxylic acids is 1. The maximum atomic E-state index is 11.9. The summed E-state index contributed by atoms with van der Waals surface area (Å²) in [6.45, 7) is 3.15. The number of rotatable bonds is 2. The van der Waals surface area contributed by atoms with E-state index in [2.05, 4.69) is 10.2 Å².